The highest BCUT2D eigenvalue weighted by atomic mass is 16.3. The van der Waals surface area contributed by atoms with Crippen molar-refractivity contribution < 1.29 is 9.21 Å². The predicted octanol–water partition coefficient (Wildman–Crippen LogP) is 4.86. The van der Waals surface area contributed by atoms with Gasteiger partial charge in [0.15, 0.2) is 11.5 Å². The van der Waals surface area contributed by atoms with Crippen molar-refractivity contribution in [3.63, 3.8) is 0 Å². The van der Waals surface area contributed by atoms with E-state index in [0.29, 0.717) is 22.6 Å². The van der Waals surface area contributed by atoms with Gasteiger partial charge in [-0.2, -0.15) is 0 Å². The molecule has 0 radical (unpaired) electrons. The van der Waals surface area contributed by atoms with Crippen LogP contribution in [0.25, 0.3) is 11.3 Å². The summed E-state index contributed by atoms with van der Waals surface area (Å²) in [6.45, 7) is 3.34. The number of rotatable bonds is 2. The van der Waals surface area contributed by atoms with Gasteiger partial charge in [-0.1, -0.05) is 60.4 Å². The van der Waals surface area contributed by atoms with Crippen LogP contribution in [0.4, 0.5) is 0 Å². The summed E-state index contributed by atoms with van der Waals surface area (Å²) >= 11 is 0. The Bertz CT molecular complexity index is 892. The summed E-state index contributed by atoms with van der Waals surface area (Å²) in [5.41, 5.74) is 3.04. The van der Waals surface area contributed by atoms with E-state index in [-0.39, 0.29) is 5.78 Å². The maximum absolute atomic E-state index is 12.0. The van der Waals surface area contributed by atoms with E-state index in [0.717, 1.165) is 11.1 Å². The van der Waals surface area contributed by atoms with Gasteiger partial charge in [0.05, 0.1) is 11.1 Å². The first kappa shape index (κ1) is 14.9. The third-order valence-electron chi connectivity index (χ3n) is 3.58. The zero-order chi connectivity index (χ0) is 16.2. The lowest BCUT2D eigenvalue weighted by Gasteiger charge is -1.98. The van der Waals surface area contributed by atoms with E-state index in [9.17, 15) is 4.79 Å². The van der Waals surface area contributed by atoms with Crippen molar-refractivity contribution in [3.05, 3.63) is 83.1 Å². The van der Waals surface area contributed by atoms with E-state index in [4.69, 9.17) is 4.42 Å². The third-order valence-corrected chi connectivity index (χ3v) is 3.58. The molecule has 0 aliphatic heterocycles. The average Bonchev–Trinajstić information content (AvgIpc) is 2.91. The highest BCUT2D eigenvalue weighted by Gasteiger charge is 2.20. The van der Waals surface area contributed by atoms with Crippen LogP contribution >= 0.6 is 0 Å². The Kier molecular flexibility index (Phi) is 4.12. The first-order valence-electron chi connectivity index (χ1n) is 7.43. The molecule has 23 heavy (non-hydrogen) atoms. The van der Waals surface area contributed by atoms with Gasteiger partial charge in [-0.05, 0) is 26.0 Å². The van der Waals surface area contributed by atoms with E-state index < -0.39 is 0 Å². The SMILES string of the molecule is CC(=O)c1c(C)oc(-c2ccccc2)c1C#Cc1ccccc1. The van der Waals surface area contributed by atoms with Gasteiger partial charge in [0.25, 0.3) is 0 Å². The number of benzene rings is 2. The van der Waals surface area contributed by atoms with Crippen molar-refractivity contribution in [3.8, 4) is 23.2 Å². The summed E-state index contributed by atoms with van der Waals surface area (Å²) in [5, 5.41) is 0. The maximum Gasteiger partial charge on any atom is 0.164 e. The van der Waals surface area contributed by atoms with Gasteiger partial charge in [0, 0.05) is 11.1 Å². The lowest BCUT2D eigenvalue weighted by molar-refractivity contribution is 0.101. The number of furan rings is 1. The molecule has 0 aliphatic rings. The fraction of sp³-hybridized carbons (Fsp3) is 0.0952. The highest BCUT2D eigenvalue weighted by Crippen LogP contribution is 2.31. The van der Waals surface area contributed by atoms with Crippen LogP contribution in [-0.4, -0.2) is 5.78 Å². The number of carbonyl (C=O) groups is 1. The van der Waals surface area contributed by atoms with Crippen molar-refractivity contribution in [1.82, 2.24) is 0 Å². The van der Waals surface area contributed by atoms with Crippen LogP contribution in [0.1, 0.15) is 34.2 Å². The molecule has 2 aromatic carbocycles. The summed E-state index contributed by atoms with van der Waals surface area (Å²) in [4.78, 5) is 12.0. The number of Topliss-reactive ketones (excluding diaryl/α,β-unsaturated/α-hetero) is 1. The number of hydrogen-bond acceptors (Lipinski definition) is 2. The summed E-state index contributed by atoms with van der Waals surface area (Å²) in [6, 6.07) is 19.4. The molecule has 1 aromatic heterocycles. The minimum atomic E-state index is -0.0363. The van der Waals surface area contributed by atoms with Gasteiger partial charge in [-0.15, -0.1) is 0 Å². The summed E-state index contributed by atoms with van der Waals surface area (Å²) in [7, 11) is 0. The Morgan fingerprint density at radius 1 is 0.913 bits per heavy atom. The number of hydrogen-bond donors (Lipinski definition) is 0. The molecule has 1 heterocycles. The Balaban J connectivity index is 2.18. The summed E-state index contributed by atoms with van der Waals surface area (Å²) in [5.74, 6) is 7.47. The quantitative estimate of drug-likeness (QED) is 0.500. The maximum atomic E-state index is 12.0. The van der Waals surface area contributed by atoms with E-state index in [2.05, 4.69) is 11.8 Å². The fourth-order valence-corrected chi connectivity index (χ4v) is 2.54. The molecule has 0 N–H and O–H groups in total. The molecule has 0 bridgehead atoms. The molecular weight excluding hydrogens is 284 g/mol. The first-order chi connectivity index (χ1) is 11.2. The average molecular weight is 300 g/mol. The molecular formula is C21H16O2. The number of aryl methyl sites for hydroxylation is 1. The van der Waals surface area contributed by atoms with Gasteiger partial charge in [0.2, 0.25) is 0 Å². The second kappa shape index (κ2) is 6.37. The van der Waals surface area contributed by atoms with E-state index >= 15 is 0 Å². The zero-order valence-corrected chi connectivity index (χ0v) is 13.1. The largest absolute Gasteiger partial charge is 0.459 e. The Morgan fingerprint density at radius 2 is 1.52 bits per heavy atom. The molecule has 0 fully saturated rings. The monoisotopic (exact) mass is 300 g/mol. The van der Waals surface area contributed by atoms with Crippen molar-refractivity contribution >= 4 is 5.78 Å². The van der Waals surface area contributed by atoms with Gasteiger partial charge in [0.1, 0.15) is 5.76 Å². The fourth-order valence-electron chi connectivity index (χ4n) is 2.54. The van der Waals surface area contributed by atoms with E-state index in [1.807, 2.05) is 60.7 Å². The molecule has 3 aromatic rings. The molecule has 2 nitrogen and oxygen atoms in total. The number of carbonyl (C=O) groups excluding carboxylic acids is 1. The van der Waals surface area contributed by atoms with Crippen LogP contribution in [0.3, 0.4) is 0 Å². The zero-order valence-electron chi connectivity index (χ0n) is 13.1. The van der Waals surface area contributed by atoms with E-state index in [1.54, 1.807) is 13.8 Å². The van der Waals surface area contributed by atoms with Crippen LogP contribution in [0.2, 0.25) is 0 Å². The standard InChI is InChI=1S/C21H16O2/c1-15(22)20-16(2)23-21(18-11-7-4-8-12-18)19(20)14-13-17-9-5-3-6-10-17/h3-12H,1-2H3. The van der Waals surface area contributed by atoms with Crippen LogP contribution in [0, 0.1) is 18.8 Å². The minimum absolute atomic E-state index is 0.0363. The Hall–Kier alpha value is -3.05. The lowest BCUT2D eigenvalue weighted by Crippen LogP contribution is -1.96. The third kappa shape index (κ3) is 3.09. The number of ketones is 1. The summed E-state index contributed by atoms with van der Waals surface area (Å²) in [6.07, 6.45) is 0. The van der Waals surface area contributed by atoms with Gasteiger partial charge < -0.3 is 4.42 Å². The Morgan fingerprint density at radius 3 is 2.13 bits per heavy atom. The van der Waals surface area contributed by atoms with Crippen LogP contribution in [-0.2, 0) is 0 Å². The van der Waals surface area contributed by atoms with E-state index in [1.165, 1.54) is 0 Å². The first-order valence-corrected chi connectivity index (χ1v) is 7.43. The smallest absolute Gasteiger partial charge is 0.164 e. The van der Waals surface area contributed by atoms with Crippen molar-refractivity contribution in [2.75, 3.05) is 0 Å². The Labute approximate surface area is 135 Å². The second-order valence-electron chi connectivity index (χ2n) is 5.28. The van der Waals surface area contributed by atoms with Gasteiger partial charge in [-0.3, -0.25) is 4.79 Å². The molecule has 0 atom stereocenters. The van der Waals surface area contributed by atoms with Gasteiger partial charge in [-0.25, -0.2) is 0 Å². The highest BCUT2D eigenvalue weighted by molar-refractivity contribution is 5.99. The minimum Gasteiger partial charge on any atom is -0.459 e. The normalized spacial score (nSPS) is 10.0. The van der Waals surface area contributed by atoms with Crippen molar-refractivity contribution in [2.45, 2.75) is 13.8 Å². The van der Waals surface area contributed by atoms with Crippen LogP contribution in [0.15, 0.2) is 65.1 Å². The van der Waals surface area contributed by atoms with Crippen molar-refractivity contribution in [1.29, 1.82) is 0 Å². The second-order valence-corrected chi connectivity index (χ2v) is 5.28. The molecule has 112 valence electrons. The van der Waals surface area contributed by atoms with Crippen molar-refractivity contribution in [2.24, 2.45) is 0 Å². The summed E-state index contributed by atoms with van der Waals surface area (Å²) < 4.78 is 5.86. The molecule has 0 amide bonds. The molecule has 0 saturated heterocycles. The molecule has 2 heteroatoms. The van der Waals surface area contributed by atoms with Crippen LogP contribution in [0.5, 0.6) is 0 Å². The predicted molar refractivity (Wildman–Crippen MR) is 91.3 cm³/mol. The topological polar surface area (TPSA) is 30.2 Å². The lowest BCUT2D eigenvalue weighted by atomic mass is 10.0. The molecule has 0 spiro atoms. The van der Waals surface area contributed by atoms with Gasteiger partial charge >= 0.3 is 0 Å². The molecule has 0 unspecified atom stereocenters. The molecule has 0 saturated carbocycles. The molecule has 3 rings (SSSR count). The van der Waals surface area contributed by atoms with Crippen LogP contribution < -0.4 is 0 Å². The molecule has 0 aliphatic carbocycles.